The van der Waals surface area contributed by atoms with Crippen molar-refractivity contribution in [3.63, 3.8) is 0 Å². The second-order valence-electron chi connectivity index (χ2n) is 4.00. The first-order valence-electron chi connectivity index (χ1n) is 5.90. The molecule has 1 heterocycles. The quantitative estimate of drug-likeness (QED) is 0.861. The Morgan fingerprint density at radius 2 is 2.11 bits per heavy atom. The molecule has 0 spiro atoms. The Balaban J connectivity index is 2.38. The zero-order valence-corrected chi connectivity index (χ0v) is 10.5. The normalized spacial score (nSPS) is 10.2. The molecule has 0 aliphatic rings. The van der Waals surface area contributed by atoms with Crippen LogP contribution in [0.5, 0.6) is 0 Å². The molecule has 0 aliphatic heterocycles. The number of carbonyl (C=O) groups excluding carboxylic acids is 1. The molecule has 5 heteroatoms. The van der Waals surface area contributed by atoms with E-state index in [1.54, 1.807) is 24.3 Å². The summed E-state index contributed by atoms with van der Waals surface area (Å²) in [7, 11) is 0. The van der Waals surface area contributed by atoms with Crippen LogP contribution < -0.4 is 10.6 Å². The summed E-state index contributed by atoms with van der Waals surface area (Å²) >= 11 is 0. The number of rotatable bonds is 3. The van der Waals surface area contributed by atoms with Gasteiger partial charge < -0.3 is 10.6 Å². The molecule has 0 saturated carbocycles. The largest absolute Gasteiger partial charge is 0.397 e. The lowest BCUT2D eigenvalue weighted by molar-refractivity contribution is 0.0987. The van der Waals surface area contributed by atoms with E-state index in [0.29, 0.717) is 17.9 Å². The van der Waals surface area contributed by atoms with Crippen molar-refractivity contribution in [1.82, 2.24) is 4.98 Å². The topological polar surface area (TPSA) is 59.2 Å². The number of halogens is 1. The predicted molar refractivity (Wildman–Crippen MR) is 72.4 cm³/mol. The average Bonchev–Trinajstić information content (AvgIpc) is 2.41. The minimum absolute atomic E-state index is 0.199. The van der Waals surface area contributed by atoms with E-state index in [4.69, 9.17) is 5.73 Å². The van der Waals surface area contributed by atoms with Crippen molar-refractivity contribution in [2.75, 3.05) is 17.2 Å². The standard InChI is InChI=1S/C14H14FN3O/c1-2-18(13-6-4-3-5-12(13)16)14(19)10-7-11(15)9-17-8-10/h3-9H,2,16H2,1H3. The van der Waals surface area contributed by atoms with Gasteiger partial charge in [0, 0.05) is 12.7 Å². The molecule has 0 radical (unpaired) electrons. The van der Waals surface area contributed by atoms with E-state index in [1.807, 2.05) is 6.92 Å². The van der Waals surface area contributed by atoms with Crippen molar-refractivity contribution in [3.05, 3.63) is 54.1 Å². The van der Waals surface area contributed by atoms with Crippen molar-refractivity contribution in [1.29, 1.82) is 0 Å². The molecule has 1 aromatic heterocycles. The summed E-state index contributed by atoms with van der Waals surface area (Å²) in [5.41, 5.74) is 7.17. The van der Waals surface area contributed by atoms with Crippen molar-refractivity contribution in [3.8, 4) is 0 Å². The highest BCUT2D eigenvalue weighted by molar-refractivity contribution is 6.07. The maximum absolute atomic E-state index is 13.1. The van der Waals surface area contributed by atoms with Crippen molar-refractivity contribution in [2.45, 2.75) is 6.92 Å². The van der Waals surface area contributed by atoms with Crippen LogP contribution in [-0.4, -0.2) is 17.4 Å². The first kappa shape index (κ1) is 13.0. The Morgan fingerprint density at radius 1 is 1.37 bits per heavy atom. The molecule has 19 heavy (non-hydrogen) atoms. The number of hydrogen-bond acceptors (Lipinski definition) is 3. The number of benzene rings is 1. The minimum atomic E-state index is -0.539. The number of hydrogen-bond donors (Lipinski definition) is 1. The lowest BCUT2D eigenvalue weighted by Crippen LogP contribution is -2.31. The van der Waals surface area contributed by atoms with Crippen LogP contribution in [0.4, 0.5) is 15.8 Å². The molecular weight excluding hydrogens is 245 g/mol. The third kappa shape index (κ3) is 2.70. The highest BCUT2D eigenvalue weighted by Crippen LogP contribution is 2.23. The molecule has 0 unspecified atom stereocenters. The number of nitrogens with zero attached hydrogens (tertiary/aromatic N) is 2. The second kappa shape index (κ2) is 5.48. The van der Waals surface area contributed by atoms with Gasteiger partial charge in [-0.3, -0.25) is 9.78 Å². The van der Waals surface area contributed by atoms with Gasteiger partial charge in [-0.2, -0.15) is 0 Å². The van der Waals surface area contributed by atoms with Crippen LogP contribution in [0, 0.1) is 5.82 Å². The molecule has 2 aromatic rings. The molecule has 0 fully saturated rings. The van der Waals surface area contributed by atoms with E-state index in [-0.39, 0.29) is 11.5 Å². The Kier molecular flexibility index (Phi) is 3.75. The van der Waals surface area contributed by atoms with Gasteiger partial charge in [-0.1, -0.05) is 12.1 Å². The minimum Gasteiger partial charge on any atom is -0.397 e. The van der Waals surface area contributed by atoms with Gasteiger partial charge in [0.05, 0.1) is 23.1 Å². The van der Waals surface area contributed by atoms with Crippen LogP contribution in [0.1, 0.15) is 17.3 Å². The number of nitrogen functional groups attached to an aromatic ring is 1. The molecule has 0 aliphatic carbocycles. The predicted octanol–water partition coefficient (Wildman–Crippen LogP) is 2.47. The number of pyridine rings is 1. The molecule has 0 saturated heterocycles. The molecule has 2 N–H and O–H groups in total. The van der Waals surface area contributed by atoms with Crippen molar-refractivity contribution in [2.24, 2.45) is 0 Å². The van der Waals surface area contributed by atoms with Crippen LogP contribution >= 0.6 is 0 Å². The first-order valence-corrected chi connectivity index (χ1v) is 5.90. The highest BCUT2D eigenvalue weighted by Gasteiger charge is 2.18. The summed E-state index contributed by atoms with van der Waals surface area (Å²) in [6, 6.07) is 8.22. The number of aromatic nitrogens is 1. The SMILES string of the molecule is CCN(C(=O)c1cncc(F)c1)c1ccccc1N. The summed E-state index contributed by atoms with van der Waals surface area (Å²) in [6.45, 7) is 2.26. The number of amides is 1. The van der Waals surface area contributed by atoms with Gasteiger partial charge in [-0.15, -0.1) is 0 Å². The number of carbonyl (C=O) groups is 1. The Bertz CT molecular complexity index is 601. The maximum atomic E-state index is 13.1. The van der Waals surface area contributed by atoms with Gasteiger partial charge in [0.1, 0.15) is 5.82 Å². The van der Waals surface area contributed by atoms with Crippen LogP contribution in [-0.2, 0) is 0 Å². The summed E-state index contributed by atoms with van der Waals surface area (Å²) in [5, 5.41) is 0. The zero-order valence-electron chi connectivity index (χ0n) is 10.5. The first-order chi connectivity index (χ1) is 9.13. The van der Waals surface area contributed by atoms with E-state index in [9.17, 15) is 9.18 Å². The van der Waals surface area contributed by atoms with Crippen LogP contribution in [0.25, 0.3) is 0 Å². The number of nitrogens with two attached hydrogens (primary N) is 1. The third-order valence-corrected chi connectivity index (χ3v) is 2.74. The molecule has 0 atom stereocenters. The summed E-state index contributed by atoms with van der Waals surface area (Å²) < 4.78 is 13.1. The van der Waals surface area contributed by atoms with E-state index >= 15 is 0 Å². The van der Waals surface area contributed by atoms with Crippen LogP contribution in [0.15, 0.2) is 42.7 Å². The van der Waals surface area contributed by atoms with Crippen molar-refractivity contribution >= 4 is 17.3 Å². The fourth-order valence-corrected chi connectivity index (χ4v) is 1.84. The van der Waals surface area contributed by atoms with E-state index < -0.39 is 5.82 Å². The van der Waals surface area contributed by atoms with Crippen molar-refractivity contribution < 1.29 is 9.18 Å². The zero-order chi connectivity index (χ0) is 13.8. The third-order valence-electron chi connectivity index (χ3n) is 2.74. The average molecular weight is 259 g/mol. The number of para-hydroxylation sites is 2. The van der Waals surface area contributed by atoms with Gasteiger partial charge >= 0.3 is 0 Å². The smallest absolute Gasteiger partial charge is 0.259 e. The van der Waals surface area contributed by atoms with E-state index in [2.05, 4.69) is 4.98 Å². The molecule has 2 rings (SSSR count). The lowest BCUT2D eigenvalue weighted by atomic mass is 10.2. The Labute approximate surface area is 110 Å². The molecule has 4 nitrogen and oxygen atoms in total. The monoisotopic (exact) mass is 259 g/mol. The fourth-order valence-electron chi connectivity index (χ4n) is 1.84. The molecule has 1 aromatic carbocycles. The van der Waals surface area contributed by atoms with Gasteiger partial charge in [-0.05, 0) is 25.1 Å². The molecule has 1 amide bonds. The van der Waals surface area contributed by atoms with Crippen LogP contribution in [0.2, 0.25) is 0 Å². The molecular formula is C14H14FN3O. The summed E-state index contributed by atoms with van der Waals surface area (Å²) in [4.78, 5) is 17.5. The molecule has 98 valence electrons. The van der Waals surface area contributed by atoms with Gasteiger partial charge in [0.25, 0.3) is 5.91 Å². The van der Waals surface area contributed by atoms with E-state index in [1.165, 1.54) is 11.1 Å². The summed E-state index contributed by atoms with van der Waals surface area (Å²) in [6.07, 6.45) is 2.40. The maximum Gasteiger partial charge on any atom is 0.259 e. The van der Waals surface area contributed by atoms with Gasteiger partial charge in [0.15, 0.2) is 0 Å². The fraction of sp³-hybridized carbons (Fsp3) is 0.143. The lowest BCUT2D eigenvalue weighted by Gasteiger charge is -2.22. The van der Waals surface area contributed by atoms with E-state index in [0.717, 1.165) is 12.3 Å². The van der Waals surface area contributed by atoms with Crippen LogP contribution in [0.3, 0.4) is 0 Å². The second-order valence-corrected chi connectivity index (χ2v) is 4.00. The Hall–Kier alpha value is -2.43. The molecule has 0 bridgehead atoms. The Morgan fingerprint density at radius 3 is 2.74 bits per heavy atom. The number of anilines is 2. The highest BCUT2D eigenvalue weighted by atomic mass is 19.1. The summed E-state index contributed by atoms with van der Waals surface area (Å²) in [5.74, 6) is -0.865. The van der Waals surface area contributed by atoms with Gasteiger partial charge in [-0.25, -0.2) is 4.39 Å². The van der Waals surface area contributed by atoms with Gasteiger partial charge in [0.2, 0.25) is 0 Å².